The normalized spacial score (nSPS) is 10.5. The minimum Gasteiger partial charge on any atom is -0.483 e. The minimum absolute atomic E-state index is 0.0583. The van der Waals surface area contributed by atoms with Crippen LogP contribution >= 0.6 is 11.8 Å². The van der Waals surface area contributed by atoms with Crippen molar-refractivity contribution in [3.63, 3.8) is 0 Å². The second-order valence-corrected chi connectivity index (χ2v) is 8.16. The highest BCUT2D eigenvalue weighted by Gasteiger charge is 2.15. The van der Waals surface area contributed by atoms with Gasteiger partial charge in [-0.25, -0.2) is 4.39 Å². The van der Waals surface area contributed by atoms with Gasteiger partial charge in [-0.05, 0) is 60.3 Å². The second kappa shape index (κ2) is 10.6. The van der Waals surface area contributed by atoms with Crippen molar-refractivity contribution in [2.75, 3.05) is 17.2 Å². The molecule has 0 aliphatic carbocycles. The van der Waals surface area contributed by atoms with E-state index in [4.69, 9.17) is 4.74 Å². The summed E-state index contributed by atoms with van der Waals surface area (Å²) < 4.78 is 21.1. The van der Waals surface area contributed by atoms with E-state index in [0.717, 1.165) is 10.1 Å². The maximum absolute atomic E-state index is 13.7. The van der Waals surface area contributed by atoms with Crippen LogP contribution in [0.5, 0.6) is 5.75 Å². The van der Waals surface area contributed by atoms with E-state index in [1.54, 1.807) is 48.8 Å². The topological polar surface area (TPSA) is 98.1 Å². The molecule has 0 unspecified atom stereocenters. The van der Waals surface area contributed by atoms with Gasteiger partial charge in [-0.3, -0.25) is 9.59 Å². The monoisotopic (exact) mass is 477 g/mol. The van der Waals surface area contributed by atoms with Gasteiger partial charge in [0.05, 0.1) is 11.3 Å². The number of nitrogens with zero attached hydrogens (tertiary/aromatic N) is 3. The van der Waals surface area contributed by atoms with E-state index >= 15 is 0 Å². The molecule has 0 spiro atoms. The first-order chi connectivity index (χ1) is 16.5. The van der Waals surface area contributed by atoms with Crippen molar-refractivity contribution >= 4 is 35.0 Å². The Morgan fingerprint density at radius 1 is 1.00 bits per heavy atom. The molecule has 3 aromatic carbocycles. The fraction of sp³-hybridized carbons (Fsp3) is 0.0833. The largest absolute Gasteiger partial charge is 0.483 e. The fourth-order valence-corrected chi connectivity index (χ4v) is 3.71. The van der Waals surface area contributed by atoms with Gasteiger partial charge in [0.15, 0.2) is 11.8 Å². The Morgan fingerprint density at radius 2 is 1.74 bits per heavy atom. The zero-order valence-electron chi connectivity index (χ0n) is 18.1. The van der Waals surface area contributed by atoms with Gasteiger partial charge in [0.2, 0.25) is 0 Å². The molecule has 2 amide bonds. The number of rotatable bonds is 8. The van der Waals surface area contributed by atoms with Gasteiger partial charge >= 0.3 is 0 Å². The number of carbonyl (C=O) groups is 2. The Kier molecular flexibility index (Phi) is 7.19. The molecule has 1 aromatic heterocycles. The van der Waals surface area contributed by atoms with Crippen molar-refractivity contribution in [2.45, 2.75) is 10.1 Å². The Bertz CT molecular complexity index is 1310. The number of halogens is 1. The summed E-state index contributed by atoms with van der Waals surface area (Å²) in [5, 5.41) is 13.9. The molecular formula is C24H20FN5O3S. The third kappa shape index (κ3) is 5.78. The average molecular weight is 478 g/mol. The SMILES string of the molecule is Cn1cnnc1Sc1ccc(NC(=O)c2ccccc2OCC(=O)Nc2ccccc2F)cc1. The van der Waals surface area contributed by atoms with E-state index < -0.39 is 11.7 Å². The standard InChI is InChI=1S/C24H20FN5O3S/c1-30-15-26-29-24(30)34-17-12-10-16(11-13-17)27-23(32)18-6-2-5-9-21(18)33-14-22(31)28-20-8-4-3-7-19(20)25/h2-13,15H,14H2,1H3,(H,27,32)(H,28,31). The summed E-state index contributed by atoms with van der Waals surface area (Å²) >= 11 is 1.45. The van der Waals surface area contributed by atoms with E-state index in [2.05, 4.69) is 20.8 Å². The number of benzene rings is 3. The Labute approximate surface area is 199 Å². The van der Waals surface area contributed by atoms with Crippen molar-refractivity contribution in [1.82, 2.24) is 14.8 Å². The molecule has 0 aliphatic heterocycles. The molecule has 0 atom stereocenters. The summed E-state index contributed by atoms with van der Waals surface area (Å²) in [6, 6.07) is 19.7. The maximum Gasteiger partial charge on any atom is 0.262 e. The lowest BCUT2D eigenvalue weighted by Gasteiger charge is -2.12. The van der Waals surface area contributed by atoms with Crippen LogP contribution in [0.2, 0.25) is 0 Å². The predicted molar refractivity (Wildman–Crippen MR) is 126 cm³/mol. The molecule has 0 saturated heterocycles. The van der Waals surface area contributed by atoms with Crippen LogP contribution in [0.4, 0.5) is 15.8 Å². The zero-order valence-corrected chi connectivity index (χ0v) is 18.9. The van der Waals surface area contributed by atoms with E-state index in [-0.39, 0.29) is 29.5 Å². The van der Waals surface area contributed by atoms with Crippen molar-refractivity contribution in [3.05, 3.63) is 90.5 Å². The molecule has 0 fully saturated rings. The smallest absolute Gasteiger partial charge is 0.262 e. The molecule has 8 nitrogen and oxygen atoms in total. The quantitative estimate of drug-likeness (QED) is 0.391. The van der Waals surface area contributed by atoms with Crippen LogP contribution in [0.15, 0.2) is 89.2 Å². The number of aryl methyl sites for hydroxylation is 1. The van der Waals surface area contributed by atoms with Gasteiger partial charge in [0, 0.05) is 17.6 Å². The summed E-state index contributed by atoms with van der Waals surface area (Å²) in [6.07, 6.45) is 1.63. The summed E-state index contributed by atoms with van der Waals surface area (Å²) in [4.78, 5) is 25.9. The molecule has 4 aromatic rings. The van der Waals surface area contributed by atoms with Gasteiger partial charge < -0.3 is 19.9 Å². The highest BCUT2D eigenvalue weighted by atomic mass is 32.2. The van der Waals surface area contributed by atoms with Crippen molar-refractivity contribution in [2.24, 2.45) is 7.05 Å². The molecule has 10 heteroatoms. The molecule has 0 aliphatic rings. The molecule has 0 bridgehead atoms. The Hall–Kier alpha value is -4.18. The van der Waals surface area contributed by atoms with E-state index in [1.807, 2.05) is 23.7 Å². The van der Waals surface area contributed by atoms with Crippen LogP contribution in [0.25, 0.3) is 0 Å². The number of ether oxygens (including phenoxy) is 1. The van der Waals surface area contributed by atoms with Crippen molar-refractivity contribution in [1.29, 1.82) is 0 Å². The van der Waals surface area contributed by atoms with Crippen LogP contribution < -0.4 is 15.4 Å². The van der Waals surface area contributed by atoms with Gasteiger partial charge in [-0.2, -0.15) is 0 Å². The van der Waals surface area contributed by atoms with Crippen LogP contribution in [-0.2, 0) is 11.8 Å². The first-order valence-electron chi connectivity index (χ1n) is 10.2. The number of aromatic nitrogens is 3. The maximum atomic E-state index is 13.7. The summed E-state index contributed by atoms with van der Waals surface area (Å²) in [5.41, 5.74) is 0.918. The molecular weight excluding hydrogens is 457 g/mol. The third-order valence-corrected chi connectivity index (χ3v) is 5.69. The zero-order chi connectivity index (χ0) is 23.9. The molecule has 34 heavy (non-hydrogen) atoms. The number of nitrogens with one attached hydrogen (secondary N) is 2. The van der Waals surface area contributed by atoms with E-state index in [9.17, 15) is 14.0 Å². The number of hydrogen-bond donors (Lipinski definition) is 2. The molecule has 2 N–H and O–H groups in total. The van der Waals surface area contributed by atoms with Crippen molar-refractivity contribution in [3.8, 4) is 5.75 Å². The van der Waals surface area contributed by atoms with Crippen molar-refractivity contribution < 1.29 is 18.7 Å². The Morgan fingerprint density at radius 3 is 2.47 bits per heavy atom. The Balaban J connectivity index is 1.37. The number of carbonyl (C=O) groups excluding carboxylic acids is 2. The molecule has 0 saturated carbocycles. The van der Waals surface area contributed by atoms with Gasteiger partial charge in [0.25, 0.3) is 11.8 Å². The highest BCUT2D eigenvalue weighted by Crippen LogP contribution is 2.27. The number of amides is 2. The van der Waals surface area contributed by atoms with Gasteiger partial charge in [-0.15, -0.1) is 10.2 Å². The summed E-state index contributed by atoms with van der Waals surface area (Å²) in [5.74, 6) is -1.25. The van der Waals surface area contributed by atoms with E-state index in [1.165, 1.54) is 30.0 Å². The van der Waals surface area contributed by atoms with Crippen LogP contribution in [0.1, 0.15) is 10.4 Å². The summed E-state index contributed by atoms with van der Waals surface area (Å²) in [6.45, 7) is -0.382. The van der Waals surface area contributed by atoms with Gasteiger partial charge in [0.1, 0.15) is 17.9 Å². The number of para-hydroxylation sites is 2. The lowest BCUT2D eigenvalue weighted by Crippen LogP contribution is -2.22. The fourth-order valence-electron chi connectivity index (χ4n) is 2.95. The third-order valence-electron chi connectivity index (χ3n) is 4.63. The van der Waals surface area contributed by atoms with Crippen LogP contribution in [-0.4, -0.2) is 33.2 Å². The highest BCUT2D eigenvalue weighted by molar-refractivity contribution is 7.99. The molecule has 4 rings (SSSR count). The van der Waals surface area contributed by atoms with Gasteiger partial charge in [-0.1, -0.05) is 24.3 Å². The number of hydrogen-bond acceptors (Lipinski definition) is 6. The van der Waals surface area contributed by atoms with Crippen LogP contribution in [0.3, 0.4) is 0 Å². The first-order valence-corrected chi connectivity index (χ1v) is 11.0. The minimum atomic E-state index is -0.545. The molecule has 1 heterocycles. The average Bonchev–Trinajstić information content (AvgIpc) is 3.25. The molecule has 0 radical (unpaired) electrons. The molecule has 172 valence electrons. The van der Waals surface area contributed by atoms with Crippen LogP contribution in [0, 0.1) is 5.82 Å². The lowest BCUT2D eigenvalue weighted by atomic mass is 10.2. The second-order valence-electron chi connectivity index (χ2n) is 7.12. The summed E-state index contributed by atoms with van der Waals surface area (Å²) in [7, 11) is 1.86. The predicted octanol–water partition coefficient (Wildman–Crippen LogP) is 4.38. The first kappa shape index (κ1) is 23.0. The lowest BCUT2D eigenvalue weighted by molar-refractivity contribution is -0.118. The number of anilines is 2. The van der Waals surface area contributed by atoms with E-state index in [0.29, 0.717) is 5.69 Å².